The molecule has 0 saturated carbocycles. The lowest BCUT2D eigenvalue weighted by Crippen LogP contribution is -2.18. The molecular weight excluding hydrogens is 348 g/mol. The van der Waals surface area contributed by atoms with Gasteiger partial charge in [0.1, 0.15) is 0 Å². The van der Waals surface area contributed by atoms with Crippen molar-refractivity contribution in [3.05, 3.63) is 71.4 Å². The Morgan fingerprint density at radius 2 is 1.75 bits per heavy atom. The summed E-state index contributed by atoms with van der Waals surface area (Å²) in [6.07, 6.45) is 1.89. The Bertz CT molecular complexity index is 907. The van der Waals surface area contributed by atoms with Gasteiger partial charge in [0.05, 0.1) is 17.5 Å². The minimum Gasteiger partial charge on any atom is -0.337 e. The summed E-state index contributed by atoms with van der Waals surface area (Å²) in [5.41, 5.74) is 2.29. The smallest absolute Gasteiger partial charge is 0.245 e. The molecular formula is C17H15ClN2O3S. The maximum Gasteiger partial charge on any atom is 0.245 e. The van der Waals surface area contributed by atoms with Crippen LogP contribution in [0.4, 0.5) is 5.88 Å². The molecule has 0 fully saturated rings. The highest BCUT2D eigenvalue weighted by Crippen LogP contribution is 2.29. The van der Waals surface area contributed by atoms with Gasteiger partial charge in [-0.2, -0.15) is 0 Å². The molecule has 0 bridgehead atoms. The second-order valence-corrected chi connectivity index (χ2v) is 7.51. The molecule has 124 valence electrons. The van der Waals surface area contributed by atoms with E-state index in [1.807, 2.05) is 30.3 Å². The van der Waals surface area contributed by atoms with E-state index in [1.165, 1.54) is 6.20 Å². The number of halogens is 1. The van der Waals surface area contributed by atoms with Crippen molar-refractivity contribution in [3.63, 3.8) is 0 Å². The van der Waals surface area contributed by atoms with Gasteiger partial charge in [-0.1, -0.05) is 59.2 Å². The zero-order valence-electron chi connectivity index (χ0n) is 12.6. The van der Waals surface area contributed by atoms with Crippen molar-refractivity contribution in [3.8, 4) is 11.1 Å². The van der Waals surface area contributed by atoms with Crippen LogP contribution in [0.2, 0.25) is 5.02 Å². The number of nitrogens with one attached hydrogen (secondary N) is 1. The highest BCUT2D eigenvalue weighted by atomic mass is 35.5. The summed E-state index contributed by atoms with van der Waals surface area (Å²) in [4.78, 5) is 0. The Morgan fingerprint density at radius 3 is 2.46 bits per heavy atom. The summed E-state index contributed by atoms with van der Waals surface area (Å²) in [6, 6.07) is 16.4. The lowest BCUT2D eigenvalue weighted by Gasteiger charge is -2.07. The third kappa shape index (κ3) is 4.15. The summed E-state index contributed by atoms with van der Waals surface area (Å²) in [5.74, 6) is 0.0583. The Balaban J connectivity index is 1.74. The molecule has 0 unspecified atom stereocenters. The second-order valence-electron chi connectivity index (χ2n) is 5.23. The van der Waals surface area contributed by atoms with Crippen LogP contribution in [0, 0.1) is 0 Å². The Hall–Kier alpha value is -2.31. The number of aromatic nitrogens is 1. The number of benzene rings is 2. The maximum atomic E-state index is 12.3. The van der Waals surface area contributed by atoms with Gasteiger partial charge >= 0.3 is 0 Å². The molecule has 0 atom stereocenters. The number of hydrogen-bond donors (Lipinski definition) is 1. The van der Waals surface area contributed by atoms with Gasteiger partial charge in [0.25, 0.3) is 0 Å². The number of sulfonamides is 1. The normalized spacial score (nSPS) is 11.4. The molecule has 0 saturated heterocycles. The Kier molecular flexibility index (Phi) is 4.87. The van der Waals surface area contributed by atoms with Gasteiger partial charge in [-0.15, -0.1) is 0 Å². The van der Waals surface area contributed by atoms with Gasteiger partial charge in [-0.05, 0) is 29.7 Å². The van der Waals surface area contributed by atoms with Crippen molar-refractivity contribution in [2.24, 2.45) is 0 Å². The van der Waals surface area contributed by atoms with Crippen LogP contribution in [-0.2, 0) is 16.4 Å². The first-order valence-electron chi connectivity index (χ1n) is 7.28. The fraction of sp³-hybridized carbons (Fsp3) is 0.118. The topological polar surface area (TPSA) is 72.2 Å². The molecule has 2 aromatic carbocycles. The van der Waals surface area contributed by atoms with Crippen molar-refractivity contribution in [2.45, 2.75) is 6.42 Å². The van der Waals surface area contributed by atoms with Crippen LogP contribution in [0.3, 0.4) is 0 Å². The van der Waals surface area contributed by atoms with Crippen molar-refractivity contribution < 1.29 is 12.9 Å². The third-order valence-electron chi connectivity index (χ3n) is 3.48. The number of rotatable bonds is 6. The average molecular weight is 363 g/mol. The number of hydrogen-bond acceptors (Lipinski definition) is 4. The molecule has 0 amide bonds. The van der Waals surface area contributed by atoms with Crippen LogP contribution in [0.15, 0.2) is 65.3 Å². The van der Waals surface area contributed by atoms with Crippen molar-refractivity contribution in [1.82, 2.24) is 5.16 Å². The predicted molar refractivity (Wildman–Crippen MR) is 94.5 cm³/mol. The summed E-state index contributed by atoms with van der Waals surface area (Å²) in [6.45, 7) is 0. The van der Waals surface area contributed by atoms with Crippen LogP contribution in [-0.4, -0.2) is 19.3 Å². The minimum atomic E-state index is -3.55. The molecule has 24 heavy (non-hydrogen) atoms. The summed E-state index contributed by atoms with van der Waals surface area (Å²) >= 11 is 5.87. The minimum absolute atomic E-state index is 0.0439. The number of aryl methyl sites for hydroxylation is 1. The molecule has 3 rings (SSSR count). The van der Waals surface area contributed by atoms with Gasteiger partial charge < -0.3 is 4.52 Å². The number of anilines is 1. The molecule has 1 N–H and O–H groups in total. The maximum absolute atomic E-state index is 12.3. The van der Waals surface area contributed by atoms with Crippen LogP contribution in [0.25, 0.3) is 11.1 Å². The van der Waals surface area contributed by atoms with E-state index in [1.54, 1.807) is 24.3 Å². The van der Waals surface area contributed by atoms with E-state index in [2.05, 4.69) is 9.88 Å². The van der Waals surface area contributed by atoms with Crippen molar-refractivity contribution in [2.75, 3.05) is 10.5 Å². The van der Waals surface area contributed by atoms with Crippen LogP contribution < -0.4 is 4.72 Å². The van der Waals surface area contributed by atoms with Gasteiger partial charge in [0, 0.05) is 5.02 Å². The monoisotopic (exact) mass is 362 g/mol. The third-order valence-corrected chi connectivity index (χ3v) is 4.97. The first-order valence-corrected chi connectivity index (χ1v) is 9.31. The highest BCUT2D eigenvalue weighted by molar-refractivity contribution is 7.92. The zero-order chi connectivity index (χ0) is 17.0. The van der Waals surface area contributed by atoms with E-state index in [0.717, 1.165) is 11.1 Å². The van der Waals surface area contributed by atoms with E-state index >= 15 is 0 Å². The summed E-state index contributed by atoms with van der Waals surface area (Å²) < 4.78 is 32.1. The zero-order valence-corrected chi connectivity index (χ0v) is 14.2. The fourth-order valence-electron chi connectivity index (χ4n) is 2.24. The molecule has 0 aliphatic rings. The van der Waals surface area contributed by atoms with Crippen LogP contribution >= 0.6 is 11.6 Å². The molecule has 1 heterocycles. The molecule has 0 spiro atoms. The summed E-state index contributed by atoms with van der Waals surface area (Å²) in [5, 5.41) is 4.29. The fourth-order valence-corrected chi connectivity index (χ4v) is 3.40. The standard InChI is InChI=1S/C17H15ClN2O3S/c18-15-8-6-14(7-9-15)16-12-19-23-17(16)20-24(21,22)11-10-13-4-2-1-3-5-13/h1-9,12,20H,10-11H2. The Morgan fingerprint density at radius 1 is 1.04 bits per heavy atom. The van der Waals surface area contributed by atoms with Crippen molar-refractivity contribution >= 4 is 27.5 Å². The second kappa shape index (κ2) is 7.07. The van der Waals surface area contributed by atoms with Gasteiger partial charge in [0.15, 0.2) is 0 Å². The van der Waals surface area contributed by atoms with E-state index in [0.29, 0.717) is 17.0 Å². The quantitative estimate of drug-likeness (QED) is 0.719. The lowest BCUT2D eigenvalue weighted by atomic mass is 10.1. The van der Waals surface area contributed by atoms with E-state index < -0.39 is 10.0 Å². The largest absolute Gasteiger partial charge is 0.337 e. The van der Waals surface area contributed by atoms with Gasteiger partial charge in [-0.3, -0.25) is 4.72 Å². The molecule has 1 aromatic heterocycles. The van der Waals surface area contributed by atoms with E-state index in [9.17, 15) is 8.42 Å². The molecule has 0 aliphatic heterocycles. The first kappa shape index (κ1) is 16.5. The highest BCUT2D eigenvalue weighted by Gasteiger charge is 2.17. The molecule has 7 heteroatoms. The van der Waals surface area contributed by atoms with Gasteiger partial charge in [-0.25, -0.2) is 8.42 Å². The van der Waals surface area contributed by atoms with Crippen LogP contribution in [0.1, 0.15) is 5.56 Å². The first-order chi connectivity index (χ1) is 11.5. The molecule has 0 radical (unpaired) electrons. The summed E-state index contributed by atoms with van der Waals surface area (Å²) in [7, 11) is -3.55. The van der Waals surface area contributed by atoms with Crippen LogP contribution in [0.5, 0.6) is 0 Å². The van der Waals surface area contributed by atoms with E-state index in [4.69, 9.17) is 16.1 Å². The van der Waals surface area contributed by atoms with Crippen molar-refractivity contribution in [1.29, 1.82) is 0 Å². The SMILES string of the molecule is O=S(=O)(CCc1ccccc1)Nc1oncc1-c1ccc(Cl)cc1. The lowest BCUT2D eigenvalue weighted by molar-refractivity contribution is 0.435. The molecule has 5 nitrogen and oxygen atoms in total. The molecule has 0 aliphatic carbocycles. The Labute approximate surface area is 145 Å². The average Bonchev–Trinajstić information content (AvgIpc) is 3.02. The van der Waals surface area contributed by atoms with E-state index in [-0.39, 0.29) is 11.6 Å². The number of nitrogens with zero attached hydrogens (tertiary/aromatic N) is 1. The molecule has 3 aromatic rings. The van der Waals surface area contributed by atoms with Gasteiger partial charge in [0.2, 0.25) is 15.9 Å². The predicted octanol–water partition coefficient (Wildman–Crippen LogP) is 3.98.